The van der Waals surface area contributed by atoms with Crippen LogP contribution in [0.15, 0.2) is 36.9 Å². The maximum Gasteiger partial charge on any atom is 0.224 e. The summed E-state index contributed by atoms with van der Waals surface area (Å²) in [4.78, 5) is 12.9. The summed E-state index contributed by atoms with van der Waals surface area (Å²) in [5, 5.41) is 13.2. The van der Waals surface area contributed by atoms with Gasteiger partial charge in [-0.05, 0) is 24.1 Å². The molecular formula is C21H28N8O3. The van der Waals surface area contributed by atoms with E-state index in [1.807, 2.05) is 25.1 Å². The van der Waals surface area contributed by atoms with Crippen molar-refractivity contribution in [1.82, 2.24) is 19.5 Å². The quantitative estimate of drug-likeness (QED) is 0.267. The van der Waals surface area contributed by atoms with E-state index in [-0.39, 0.29) is 24.2 Å². The predicted molar refractivity (Wildman–Crippen MR) is 122 cm³/mol. The van der Waals surface area contributed by atoms with Crippen molar-refractivity contribution >= 4 is 28.6 Å². The second-order valence-corrected chi connectivity index (χ2v) is 7.81. The van der Waals surface area contributed by atoms with Crippen molar-refractivity contribution in [2.45, 2.75) is 32.0 Å². The number of rotatable bonds is 7. The van der Waals surface area contributed by atoms with E-state index in [1.165, 1.54) is 0 Å². The van der Waals surface area contributed by atoms with E-state index >= 15 is 0 Å². The lowest BCUT2D eigenvalue weighted by Crippen LogP contribution is -2.35. The van der Waals surface area contributed by atoms with Crippen molar-refractivity contribution in [3.8, 4) is 0 Å². The average molecular weight is 441 g/mol. The fraction of sp³-hybridized carbons (Fsp3) is 0.381. The van der Waals surface area contributed by atoms with Crippen molar-refractivity contribution in [2.24, 2.45) is 11.7 Å². The van der Waals surface area contributed by atoms with Gasteiger partial charge in [0.05, 0.1) is 19.0 Å². The molecule has 170 valence electrons. The van der Waals surface area contributed by atoms with Gasteiger partial charge in [0.15, 0.2) is 17.0 Å². The van der Waals surface area contributed by atoms with Crippen molar-refractivity contribution < 1.29 is 14.6 Å². The number of hydrogen-bond acceptors (Lipinski definition) is 10. The second-order valence-electron chi connectivity index (χ2n) is 7.81. The van der Waals surface area contributed by atoms with E-state index in [0.29, 0.717) is 29.3 Å². The molecule has 11 nitrogen and oxygen atoms in total. The number of aliphatic hydroxyl groups excluding tert-OH is 1. The highest BCUT2D eigenvalue weighted by molar-refractivity contribution is 5.84. The summed E-state index contributed by atoms with van der Waals surface area (Å²) < 4.78 is 14.1. The summed E-state index contributed by atoms with van der Waals surface area (Å²) in [6.45, 7) is 6.14. The molecule has 1 aromatic carbocycles. The van der Waals surface area contributed by atoms with Gasteiger partial charge < -0.3 is 37.1 Å². The van der Waals surface area contributed by atoms with Gasteiger partial charge in [-0.1, -0.05) is 18.7 Å². The number of hydrogen-bond donors (Lipinski definition) is 5. The largest absolute Gasteiger partial charge is 0.510 e. The zero-order valence-corrected chi connectivity index (χ0v) is 18.0. The lowest BCUT2D eigenvalue weighted by Gasteiger charge is -2.23. The van der Waals surface area contributed by atoms with E-state index in [4.69, 9.17) is 26.7 Å². The van der Waals surface area contributed by atoms with Gasteiger partial charge in [0.2, 0.25) is 5.95 Å². The van der Waals surface area contributed by atoms with Crippen LogP contribution in [0.2, 0.25) is 0 Å². The summed E-state index contributed by atoms with van der Waals surface area (Å²) >= 11 is 0. The molecule has 3 aromatic rings. The van der Waals surface area contributed by atoms with Gasteiger partial charge in [0.25, 0.3) is 0 Å². The SMILES string of the molecule is C=C(O)[C@H]1O[C@@H](n2cnc3c(NC)nc(N)nc32)[C@@H](CN)[C@@H]1OCc1ccc(N)c(C)c1. The van der Waals surface area contributed by atoms with Crippen LogP contribution in [0.3, 0.4) is 0 Å². The molecule has 8 N–H and O–H groups in total. The van der Waals surface area contributed by atoms with Crippen LogP contribution in [-0.2, 0) is 16.1 Å². The Hall–Kier alpha value is -3.41. The van der Waals surface area contributed by atoms with Crippen molar-refractivity contribution in [1.29, 1.82) is 0 Å². The standard InChI is InChI=1S/C21H28N8O3/c1-10-6-12(4-5-14(10)23)8-31-17-13(7-22)20(32-16(17)11(2)30)29-9-26-15-18(25-3)27-21(24)28-19(15)29/h4-6,9,13,16-17,20,30H,2,7-8,22-23H2,1,3H3,(H3,24,25,27,28)/t13-,16+,17-,20+/m0/s1. The normalized spacial score (nSPS) is 23.0. The first-order chi connectivity index (χ1) is 15.3. The number of nitrogens with zero attached hydrogens (tertiary/aromatic N) is 4. The first kappa shape index (κ1) is 21.8. The molecule has 4 atom stereocenters. The number of imidazole rings is 1. The molecule has 0 bridgehead atoms. The van der Waals surface area contributed by atoms with Crippen LogP contribution in [-0.4, -0.2) is 50.4 Å². The lowest BCUT2D eigenvalue weighted by molar-refractivity contribution is -0.0399. The minimum atomic E-state index is -0.774. The number of nitrogen functional groups attached to an aromatic ring is 2. The molecule has 11 heteroatoms. The molecular weight excluding hydrogens is 412 g/mol. The highest BCUT2D eigenvalue weighted by Crippen LogP contribution is 2.40. The maximum atomic E-state index is 10.2. The number of fused-ring (bicyclic) bond motifs is 1. The van der Waals surface area contributed by atoms with Crippen LogP contribution in [0.5, 0.6) is 0 Å². The minimum absolute atomic E-state index is 0.0977. The molecule has 0 aliphatic carbocycles. The van der Waals surface area contributed by atoms with Gasteiger partial charge in [0, 0.05) is 25.2 Å². The number of nitrogens with one attached hydrogen (secondary N) is 1. The number of nitrogens with two attached hydrogens (primary N) is 3. The third-order valence-electron chi connectivity index (χ3n) is 5.70. The third-order valence-corrected chi connectivity index (χ3v) is 5.70. The van der Waals surface area contributed by atoms with Gasteiger partial charge in [-0.15, -0.1) is 0 Å². The van der Waals surface area contributed by atoms with Crippen LogP contribution in [0.1, 0.15) is 17.4 Å². The van der Waals surface area contributed by atoms with E-state index in [2.05, 4.69) is 26.8 Å². The van der Waals surface area contributed by atoms with Gasteiger partial charge in [-0.3, -0.25) is 4.57 Å². The first-order valence-corrected chi connectivity index (χ1v) is 10.2. The summed E-state index contributed by atoms with van der Waals surface area (Å²) in [5.74, 6) is 0.146. The van der Waals surface area contributed by atoms with Gasteiger partial charge in [0.1, 0.15) is 18.1 Å². The van der Waals surface area contributed by atoms with Crippen LogP contribution < -0.4 is 22.5 Å². The molecule has 0 unspecified atom stereocenters. The average Bonchev–Trinajstić information content (AvgIpc) is 3.34. The Morgan fingerprint density at radius 2 is 2.12 bits per heavy atom. The Morgan fingerprint density at radius 3 is 2.78 bits per heavy atom. The summed E-state index contributed by atoms with van der Waals surface area (Å²) in [6.07, 6.45) is -0.323. The zero-order valence-electron chi connectivity index (χ0n) is 18.0. The summed E-state index contributed by atoms with van der Waals surface area (Å²) in [5.41, 5.74) is 21.6. The molecule has 1 aliphatic heterocycles. The Bertz CT molecular complexity index is 1150. The Kier molecular flexibility index (Phi) is 5.87. The highest BCUT2D eigenvalue weighted by atomic mass is 16.6. The van der Waals surface area contributed by atoms with Crippen molar-refractivity contribution in [2.75, 3.05) is 30.4 Å². The van der Waals surface area contributed by atoms with E-state index in [1.54, 1.807) is 17.9 Å². The molecule has 4 rings (SSSR count). The number of aryl methyl sites for hydroxylation is 1. The highest BCUT2D eigenvalue weighted by Gasteiger charge is 2.47. The van der Waals surface area contributed by atoms with E-state index < -0.39 is 18.4 Å². The minimum Gasteiger partial charge on any atom is -0.510 e. The fourth-order valence-electron chi connectivity index (χ4n) is 4.03. The van der Waals surface area contributed by atoms with Crippen LogP contribution >= 0.6 is 0 Å². The fourth-order valence-corrected chi connectivity index (χ4v) is 4.03. The van der Waals surface area contributed by atoms with Gasteiger partial charge in [-0.25, -0.2) is 4.98 Å². The van der Waals surface area contributed by atoms with Gasteiger partial charge >= 0.3 is 0 Å². The monoisotopic (exact) mass is 440 g/mol. The molecule has 0 radical (unpaired) electrons. The molecule has 2 aromatic heterocycles. The van der Waals surface area contributed by atoms with Crippen LogP contribution in [0.25, 0.3) is 11.2 Å². The number of aliphatic hydroxyl groups is 1. The van der Waals surface area contributed by atoms with Crippen molar-refractivity contribution in [3.05, 3.63) is 48.0 Å². The van der Waals surface area contributed by atoms with E-state index in [0.717, 1.165) is 11.1 Å². The summed E-state index contributed by atoms with van der Waals surface area (Å²) in [7, 11) is 1.73. The Morgan fingerprint density at radius 1 is 1.34 bits per heavy atom. The number of anilines is 3. The number of ether oxygens (including phenoxy) is 2. The maximum absolute atomic E-state index is 10.2. The number of aromatic nitrogens is 4. The molecule has 1 saturated heterocycles. The molecule has 1 aliphatic rings. The summed E-state index contributed by atoms with van der Waals surface area (Å²) in [6, 6.07) is 5.70. The first-order valence-electron chi connectivity index (χ1n) is 10.2. The molecule has 0 spiro atoms. The Labute approximate surface area is 185 Å². The van der Waals surface area contributed by atoms with Crippen LogP contribution in [0.4, 0.5) is 17.5 Å². The predicted octanol–water partition coefficient (Wildman–Crippen LogP) is 1.47. The smallest absolute Gasteiger partial charge is 0.224 e. The topological polar surface area (TPSA) is 172 Å². The van der Waals surface area contributed by atoms with E-state index in [9.17, 15) is 5.11 Å². The second kappa shape index (κ2) is 8.61. The molecule has 0 saturated carbocycles. The van der Waals surface area contributed by atoms with Crippen LogP contribution in [0, 0.1) is 12.8 Å². The molecule has 3 heterocycles. The molecule has 1 fully saturated rings. The number of benzene rings is 1. The molecule has 32 heavy (non-hydrogen) atoms. The Balaban J connectivity index is 1.66. The molecule has 0 amide bonds. The van der Waals surface area contributed by atoms with Gasteiger partial charge in [-0.2, -0.15) is 9.97 Å². The lowest BCUT2D eigenvalue weighted by atomic mass is 9.98. The third kappa shape index (κ3) is 3.81. The van der Waals surface area contributed by atoms with Crippen molar-refractivity contribution in [3.63, 3.8) is 0 Å². The zero-order chi connectivity index (χ0) is 23.0.